The highest BCUT2D eigenvalue weighted by atomic mass is 32.1. The zero-order valence-electron chi connectivity index (χ0n) is 11.8. The number of fused-ring (bicyclic) bond motifs is 1. The van der Waals surface area contributed by atoms with Crippen LogP contribution in [0, 0.1) is 0 Å². The van der Waals surface area contributed by atoms with E-state index in [2.05, 4.69) is 10.3 Å². The maximum absolute atomic E-state index is 12.8. The van der Waals surface area contributed by atoms with Gasteiger partial charge in [-0.25, -0.2) is 4.98 Å². The van der Waals surface area contributed by atoms with Crippen molar-refractivity contribution in [2.24, 2.45) is 0 Å². The highest BCUT2D eigenvalue weighted by Crippen LogP contribution is 2.29. The number of nitrogens with zero attached hydrogens (tertiary/aromatic N) is 2. The van der Waals surface area contributed by atoms with Gasteiger partial charge in [0, 0.05) is 11.6 Å². The standard InChI is InChI=1S/C15H15N3O2S/c1-15(2)14(20)18(9-12-16-7-8-21-12)11-6-4-3-5-10(11)13(19)17-15/h3-8H,9H2,1-2H3,(H,17,19). The quantitative estimate of drug-likeness (QED) is 0.925. The number of rotatable bonds is 2. The molecule has 0 spiro atoms. The molecule has 1 aliphatic rings. The SMILES string of the molecule is CC1(C)NC(=O)c2ccccc2N(Cc2nccs2)C1=O. The van der Waals surface area contributed by atoms with Crippen molar-refractivity contribution in [1.82, 2.24) is 10.3 Å². The fourth-order valence-electron chi connectivity index (χ4n) is 2.38. The number of hydrogen-bond donors (Lipinski definition) is 1. The van der Waals surface area contributed by atoms with E-state index in [-0.39, 0.29) is 11.8 Å². The minimum atomic E-state index is -0.951. The Morgan fingerprint density at radius 1 is 1.29 bits per heavy atom. The van der Waals surface area contributed by atoms with Crippen LogP contribution in [-0.4, -0.2) is 22.3 Å². The van der Waals surface area contributed by atoms with E-state index in [1.165, 1.54) is 11.3 Å². The van der Waals surface area contributed by atoms with E-state index in [4.69, 9.17) is 0 Å². The van der Waals surface area contributed by atoms with Crippen LogP contribution >= 0.6 is 11.3 Å². The number of benzene rings is 1. The molecule has 0 atom stereocenters. The van der Waals surface area contributed by atoms with Crippen molar-refractivity contribution in [1.29, 1.82) is 0 Å². The molecule has 1 N–H and O–H groups in total. The predicted molar refractivity (Wildman–Crippen MR) is 81.3 cm³/mol. The first-order chi connectivity index (χ1) is 9.99. The van der Waals surface area contributed by atoms with Gasteiger partial charge in [0.15, 0.2) is 0 Å². The van der Waals surface area contributed by atoms with Crippen LogP contribution in [0.5, 0.6) is 0 Å². The van der Waals surface area contributed by atoms with E-state index in [9.17, 15) is 9.59 Å². The molecule has 5 nitrogen and oxygen atoms in total. The molecule has 0 bridgehead atoms. The highest BCUT2D eigenvalue weighted by Gasteiger charge is 2.39. The van der Waals surface area contributed by atoms with Crippen LogP contribution in [0.25, 0.3) is 0 Å². The Labute approximate surface area is 126 Å². The fraction of sp³-hybridized carbons (Fsp3) is 0.267. The summed E-state index contributed by atoms with van der Waals surface area (Å²) in [5.74, 6) is -0.374. The molecule has 2 amide bonds. The first kappa shape index (κ1) is 13.8. The Bertz CT molecular complexity index is 695. The number of thiazole rings is 1. The Morgan fingerprint density at radius 2 is 2.05 bits per heavy atom. The van der Waals surface area contributed by atoms with Gasteiger partial charge >= 0.3 is 0 Å². The van der Waals surface area contributed by atoms with Gasteiger partial charge in [0.05, 0.1) is 17.8 Å². The second kappa shape index (κ2) is 4.96. The molecule has 0 radical (unpaired) electrons. The van der Waals surface area contributed by atoms with E-state index < -0.39 is 5.54 Å². The normalized spacial score (nSPS) is 17.1. The number of carbonyl (C=O) groups excluding carboxylic acids is 2. The number of hydrogen-bond acceptors (Lipinski definition) is 4. The molecular formula is C15H15N3O2S. The van der Waals surface area contributed by atoms with Crippen molar-refractivity contribution in [2.75, 3.05) is 4.90 Å². The zero-order chi connectivity index (χ0) is 15.0. The Kier molecular flexibility index (Phi) is 3.25. The largest absolute Gasteiger partial charge is 0.338 e. The maximum Gasteiger partial charge on any atom is 0.254 e. The zero-order valence-corrected chi connectivity index (χ0v) is 12.6. The summed E-state index contributed by atoms with van der Waals surface area (Å²) in [5, 5.41) is 5.50. The van der Waals surface area contributed by atoms with Crippen molar-refractivity contribution in [2.45, 2.75) is 25.9 Å². The van der Waals surface area contributed by atoms with Crippen LogP contribution in [0.2, 0.25) is 0 Å². The molecule has 0 saturated carbocycles. The minimum Gasteiger partial charge on any atom is -0.338 e. The van der Waals surface area contributed by atoms with Crippen LogP contribution in [-0.2, 0) is 11.3 Å². The van der Waals surface area contributed by atoms with Crippen LogP contribution in [0.15, 0.2) is 35.8 Å². The van der Waals surface area contributed by atoms with Gasteiger partial charge < -0.3 is 10.2 Å². The first-order valence-electron chi connectivity index (χ1n) is 6.61. The third-order valence-corrected chi connectivity index (χ3v) is 4.19. The summed E-state index contributed by atoms with van der Waals surface area (Å²) in [5.41, 5.74) is 0.182. The van der Waals surface area contributed by atoms with Gasteiger partial charge in [0.1, 0.15) is 10.5 Å². The molecule has 1 aromatic carbocycles. The molecule has 0 unspecified atom stereocenters. The third kappa shape index (κ3) is 2.42. The molecule has 1 aromatic heterocycles. The lowest BCUT2D eigenvalue weighted by Crippen LogP contribution is -2.53. The molecular weight excluding hydrogens is 286 g/mol. The van der Waals surface area contributed by atoms with Gasteiger partial charge in [-0.1, -0.05) is 12.1 Å². The van der Waals surface area contributed by atoms with E-state index in [0.717, 1.165) is 5.01 Å². The monoisotopic (exact) mass is 301 g/mol. The van der Waals surface area contributed by atoms with Crippen molar-refractivity contribution in [3.05, 3.63) is 46.4 Å². The minimum absolute atomic E-state index is 0.143. The molecule has 2 aromatic rings. The van der Waals surface area contributed by atoms with Crippen LogP contribution < -0.4 is 10.2 Å². The molecule has 2 heterocycles. The summed E-state index contributed by atoms with van der Waals surface area (Å²) >= 11 is 1.49. The lowest BCUT2D eigenvalue weighted by molar-refractivity contribution is -0.123. The number of anilines is 1. The predicted octanol–water partition coefficient (Wildman–Crippen LogP) is 2.20. The summed E-state index contributed by atoms with van der Waals surface area (Å²) in [6, 6.07) is 7.14. The van der Waals surface area contributed by atoms with E-state index >= 15 is 0 Å². The van der Waals surface area contributed by atoms with Crippen molar-refractivity contribution < 1.29 is 9.59 Å². The lowest BCUT2D eigenvalue weighted by atomic mass is 10.0. The number of aromatic nitrogens is 1. The molecule has 0 saturated heterocycles. The molecule has 21 heavy (non-hydrogen) atoms. The highest BCUT2D eigenvalue weighted by molar-refractivity contribution is 7.09. The molecule has 1 aliphatic heterocycles. The molecule has 6 heteroatoms. The van der Waals surface area contributed by atoms with Gasteiger partial charge in [0.25, 0.3) is 11.8 Å². The molecule has 0 fully saturated rings. The van der Waals surface area contributed by atoms with Crippen LogP contribution in [0.3, 0.4) is 0 Å². The molecule has 3 rings (SSSR count). The Morgan fingerprint density at radius 3 is 2.76 bits per heavy atom. The van der Waals surface area contributed by atoms with Gasteiger partial charge in [-0.15, -0.1) is 11.3 Å². The summed E-state index contributed by atoms with van der Waals surface area (Å²) in [7, 11) is 0. The van der Waals surface area contributed by atoms with Crippen molar-refractivity contribution in [3.8, 4) is 0 Å². The fourth-order valence-corrected chi connectivity index (χ4v) is 2.98. The van der Waals surface area contributed by atoms with Gasteiger partial charge in [0.2, 0.25) is 0 Å². The summed E-state index contributed by atoms with van der Waals surface area (Å²) in [6.45, 7) is 3.80. The van der Waals surface area contributed by atoms with Gasteiger partial charge in [-0.3, -0.25) is 9.59 Å². The van der Waals surface area contributed by atoms with Crippen molar-refractivity contribution >= 4 is 28.8 Å². The second-order valence-corrected chi connectivity index (χ2v) is 6.39. The summed E-state index contributed by atoms with van der Waals surface area (Å²) < 4.78 is 0. The van der Waals surface area contributed by atoms with Gasteiger partial charge in [-0.05, 0) is 26.0 Å². The van der Waals surface area contributed by atoms with Crippen LogP contribution in [0.1, 0.15) is 29.2 Å². The maximum atomic E-state index is 12.8. The smallest absolute Gasteiger partial charge is 0.254 e. The molecule has 108 valence electrons. The first-order valence-corrected chi connectivity index (χ1v) is 7.49. The third-order valence-electron chi connectivity index (χ3n) is 3.42. The number of nitrogens with one attached hydrogen (secondary N) is 1. The van der Waals surface area contributed by atoms with E-state index in [0.29, 0.717) is 17.8 Å². The summed E-state index contributed by atoms with van der Waals surface area (Å²) in [6.07, 6.45) is 1.71. The molecule has 0 aliphatic carbocycles. The lowest BCUT2D eigenvalue weighted by Gasteiger charge is -2.28. The van der Waals surface area contributed by atoms with E-state index in [1.54, 1.807) is 43.1 Å². The average molecular weight is 301 g/mol. The topological polar surface area (TPSA) is 62.3 Å². The Hall–Kier alpha value is -2.21. The number of para-hydroxylation sites is 1. The number of amides is 2. The van der Waals surface area contributed by atoms with Crippen molar-refractivity contribution in [3.63, 3.8) is 0 Å². The van der Waals surface area contributed by atoms with Gasteiger partial charge in [-0.2, -0.15) is 0 Å². The average Bonchev–Trinajstić information content (AvgIpc) is 2.94. The number of carbonyl (C=O) groups is 2. The summed E-state index contributed by atoms with van der Waals surface area (Å²) in [4.78, 5) is 31.0. The Balaban J connectivity index is 2.11. The second-order valence-electron chi connectivity index (χ2n) is 5.41. The van der Waals surface area contributed by atoms with Crippen LogP contribution in [0.4, 0.5) is 5.69 Å². The van der Waals surface area contributed by atoms with E-state index in [1.807, 2.05) is 11.4 Å².